The van der Waals surface area contributed by atoms with Crippen LogP contribution in [0.25, 0.3) is 5.65 Å². The van der Waals surface area contributed by atoms with E-state index in [1.807, 2.05) is 24.4 Å². The summed E-state index contributed by atoms with van der Waals surface area (Å²) in [6, 6.07) is 11.6. The first-order valence-corrected chi connectivity index (χ1v) is 7.74. The van der Waals surface area contributed by atoms with Gasteiger partial charge in [-0.1, -0.05) is 29.8 Å². The molecule has 2 aromatic heterocycles. The summed E-state index contributed by atoms with van der Waals surface area (Å²) in [6.07, 6.45) is 1.83. The lowest BCUT2D eigenvalue weighted by Gasteiger charge is -2.17. The van der Waals surface area contributed by atoms with E-state index in [1.165, 1.54) is 0 Å². The maximum absolute atomic E-state index is 12.1. The summed E-state index contributed by atoms with van der Waals surface area (Å²) in [5.74, 6) is 0.618. The maximum Gasteiger partial charge on any atom is 0.315 e. The molecule has 3 aromatic rings. The Morgan fingerprint density at radius 2 is 2.00 bits per heavy atom. The molecule has 7 nitrogen and oxygen atoms in total. The first-order chi connectivity index (χ1) is 11.7. The predicted octanol–water partition coefficient (Wildman–Crippen LogP) is 1.92. The fourth-order valence-electron chi connectivity index (χ4n) is 2.31. The highest BCUT2D eigenvalue weighted by molar-refractivity contribution is 6.30. The second kappa shape index (κ2) is 7.29. The van der Waals surface area contributed by atoms with Crippen LogP contribution in [-0.4, -0.2) is 32.3 Å². The van der Waals surface area contributed by atoms with Gasteiger partial charge in [0.05, 0.1) is 19.2 Å². The fourth-order valence-corrected chi connectivity index (χ4v) is 2.44. The average molecular weight is 346 g/mol. The summed E-state index contributed by atoms with van der Waals surface area (Å²) >= 11 is 5.84. The van der Waals surface area contributed by atoms with Crippen molar-refractivity contribution in [3.05, 3.63) is 65.1 Å². The Morgan fingerprint density at radius 1 is 1.21 bits per heavy atom. The molecule has 8 heteroatoms. The van der Waals surface area contributed by atoms with Crippen LogP contribution in [0.2, 0.25) is 5.02 Å². The van der Waals surface area contributed by atoms with Crippen LogP contribution in [0.3, 0.4) is 0 Å². The van der Waals surface area contributed by atoms with E-state index in [1.54, 1.807) is 28.7 Å². The highest BCUT2D eigenvalue weighted by Crippen LogP contribution is 2.16. The third kappa shape index (κ3) is 3.64. The Morgan fingerprint density at radius 3 is 2.75 bits per heavy atom. The van der Waals surface area contributed by atoms with Crippen molar-refractivity contribution >= 4 is 23.3 Å². The fraction of sp³-hybridized carbons (Fsp3) is 0.188. The van der Waals surface area contributed by atoms with E-state index in [4.69, 9.17) is 11.6 Å². The largest absolute Gasteiger partial charge is 0.394 e. The lowest BCUT2D eigenvalue weighted by Crippen LogP contribution is -2.39. The van der Waals surface area contributed by atoms with Crippen LogP contribution in [0, 0.1) is 0 Å². The molecule has 0 aliphatic carbocycles. The average Bonchev–Trinajstić information content (AvgIpc) is 3.02. The van der Waals surface area contributed by atoms with E-state index >= 15 is 0 Å². The summed E-state index contributed by atoms with van der Waals surface area (Å²) in [4.78, 5) is 12.1. The van der Waals surface area contributed by atoms with Gasteiger partial charge in [-0.05, 0) is 29.8 Å². The van der Waals surface area contributed by atoms with E-state index in [2.05, 4.69) is 20.8 Å². The molecule has 3 rings (SSSR count). The second-order valence-corrected chi connectivity index (χ2v) is 5.60. The van der Waals surface area contributed by atoms with Gasteiger partial charge in [0.1, 0.15) is 0 Å². The Kier molecular flexibility index (Phi) is 4.93. The Balaban J connectivity index is 1.61. The number of fused-ring (bicyclic) bond motifs is 1. The van der Waals surface area contributed by atoms with Gasteiger partial charge in [0.2, 0.25) is 0 Å². The Bertz CT molecular complexity index is 834. The van der Waals surface area contributed by atoms with Crippen molar-refractivity contribution in [2.45, 2.75) is 12.6 Å². The van der Waals surface area contributed by atoms with Crippen LogP contribution >= 0.6 is 11.6 Å². The molecular formula is C16H16ClN5O2. The highest BCUT2D eigenvalue weighted by atomic mass is 35.5. The van der Waals surface area contributed by atoms with Gasteiger partial charge >= 0.3 is 6.03 Å². The first-order valence-electron chi connectivity index (χ1n) is 7.36. The van der Waals surface area contributed by atoms with Crippen molar-refractivity contribution in [3.63, 3.8) is 0 Å². The number of aliphatic hydroxyl groups excluding tert-OH is 1. The number of aliphatic hydroxyl groups is 1. The summed E-state index contributed by atoms with van der Waals surface area (Å²) in [5, 5.41) is 23.6. The molecule has 0 saturated carbocycles. The number of amides is 2. The summed E-state index contributed by atoms with van der Waals surface area (Å²) < 4.78 is 1.79. The van der Waals surface area contributed by atoms with E-state index in [9.17, 15) is 9.90 Å². The van der Waals surface area contributed by atoms with Crippen molar-refractivity contribution in [1.29, 1.82) is 0 Å². The molecule has 0 radical (unpaired) electrons. The van der Waals surface area contributed by atoms with Gasteiger partial charge in [0, 0.05) is 11.2 Å². The first kappa shape index (κ1) is 16.2. The lowest BCUT2D eigenvalue weighted by atomic mass is 10.1. The molecule has 124 valence electrons. The number of halogens is 1. The summed E-state index contributed by atoms with van der Waals surface area (Å²) in [7, 11) is 0. The summed E-state index contributed by atoms with van der Waals surface area (Å²) in [5.41, 5.74) is 1.48. The molecule has 1 unspecified atom stereocenters. The number of nitrogens with zero attached hydrogens (tertiary/aromatic N) is 3. The minimum atomic E-state index is -0.516. The number of rotatable bonds is 5. The smallest absolute Gasteiger partial charge is 0.315 e. The van der Waals surface area contributed by atoms with E-state index < -0.39 is 12.1 Å². The molecule has 0 bridgehead atoms. The molecule has 0 fully saturated rings. The van der Waals surface area contributed by atoms with E-state index in [0.29, 0.717) is 16.5 Å². The van der Waals surface area contributed by atoms with Crippen molar-refractivity contribution in [1.82, 2.24) is 25.2 Å². The molecule has 0 aliphatic rings. The number of urea groups is 1. The normalized spacial score (nSPS) is 12.1. The minimum absolute atomic E-state index is 0.218. The van der Waals surface area contributed by atoms with E-state index in [0.717, 1.165) is 5.56 Å². The number of carbonyl (C=O) groups excluding carboxylic acids is 1. The number of pyridine rings is 1. The van der Waals surface area contributed by atoms with Gasteiger partial charge < -0.3 is 15.7 Å². The van der Waals surface area contributed by atoms with Crippen LogP contribution in [0.1, 0.15) is 17.4 Å². The van der Waals surface area contributed by atoms with Crippen LogP contribution in [0.5, 0.6) is 0 Å². The number of carbonyl (C=O) groups is 1. The Hall–Kier alpha value is -2.64. The molecule has 0 aliphatic heterocycles. The number of nitrogens with one attached hydrogen (secondary N) is 2. The van der Waals surface area contributed by atoms with Crippen LogP contribution in [0.4, 0.5) is 4.79 Å². The van der Waals surface area contributed by atoms with Crippen LogP contribution < -0.4 is 10.6 Å². The predicted molar refractivity (Wildman–Crippen MR) is 89.6 cm³/mol. The zero-order valence-corrected chi connectivity index (χ0v) is 13.4. The molecule has 0 spiro atoms. The number of hydrogen-bond donors (Lipinski definition) is 3. The monoisotopic (exact) mass is 345 g/mol. The molecule has 1 atom stereocenters. The van der Waals surface area contributed by atoms with Crippen LogP contribution in [-0.2, 0) is 6.54 Å². The second-order valence-electron chi connectivity index (χ2n) is 5.16. The van der Waals surface area contributed by atoms with Gasteiger partial charge in [-0.25, -0.2) is 4.79 Å². The Labute approximate surface area is 143 Å². The third-order valence-corrected chi connectivity index (χ3v) is 3.80. The molecule has 1 aromatic carbocycles. The number of hydrogen-bond acceptors (Lipinski definition) is 4. The number of benzene rings is 1. The molecule has 3 N–H and O–H groups in total. The molecular weight excluding hydrogens is 330 g/mol. The van der Waals surface area contributed by atoms with Gasteiger partial charge in [0.15, 0.2) is 11.5 Å². The quantitative estimate of drug-likeness (QED) is 0.658. The highest BCUT2D eigenvalue weighted by Gasteiger charge is 2.14. The minimum Gasteiger partial charge on any atom is -0.394 e. The molecule has 0 saturated heterocycles. The maximum atomic E-state index is 12.1. The lowest BCUT2D eigenvalue weighted by molar-refractivity contribution is 0.216. The van der Waals surface area contributed by atoms with Crippen molar-refractivity contribution in [3.8, 4) is 0 Å². The summed E-state index contributed by atoms with van der Waals surface area (Å²) in [6.45, 7) is -0.00129. The van der Waals surface area contributed by atoms with Crippen molar-refractivity contribution < 1.29 is 9.90 Å². The standard InChI is InChI=1S/C16H16ClN5O2/c17-12-6-4-11(5-7-12)13(10-23)19-16(24)18-9-15-21-20-14-3-1-2-8-22(14)15/h1-8,13,23H,9-10H2,(H2,18,19,24). The zero-order valence-electron chi connectivity index (χ0n) is 12.7. The van der Waals surface area contributed by atoms with Gasteiger partial charge in [0.25, 0.3) is 0 Å². The van der Waals surface area contributed by atoms with Gasteiger partial charge in [-0.2, -0.15) is 0 Å². The van der Waals surface area contributed by atoms with Crippen molar-refractivity contribution in [2.75, 3.05) is 6.61 Å². The van der Waals surface area contributed by atoms with Crippen molar-refractivity contribution in [2.24, 2.45) is 0 Å². The number of aromatic nitrogens is 3. The third-order valence-electron chi connectivity index (χ3n) is 3.55. The zero-order chi connectivity index (χ0) is 16.9. The topological polar surface area (TPSA) is 91.6 Å². The SMILES string of the molecule is O=C(NCc1nnc2ccccn12)NC(CO)c1ccc(Cl)cc1. The molecule has 2 heterocycles. The van der Waals surface area contributed by atoms with Crippen LogP contribution in [0.15, 0.2) is 48.7 Å². The molecule has 2 amide bonds. The van der Waals surface area contributed by atoms with E-state index in [-0.39, 0.29) is 13.2 Å². The van der Waals surface area contributed by atoms with Gasteiger partial charge in [-0.15, -0.1) is 10.2 Å². The van der Waals surface area contributed by atoms with Gasteiger partial charge in [-0.3, -0.25) is 4.40 Å². The molecule has 24 heavy (non-hydrogen) atoms.